The third-order valence-corrected chi connectivity index (χ3v) is 2.57. The summed E-state index contributed by atoms with van der Waals surface area (Å²) in [7, 11) is 0. The highest BCUT2D eigenvalue weighted by atomic mass is 16.5. The van der Waals surface area contributed by atoms with E-state index in [1.165, 1.54) is 6.26 Å². The molecule has 14 heavy (non-hydrogen) atoms. The number of carbonyl (C=O) groups is 1. The first kappa shape index (κ1) is 9.21. The van der Waals surface area contributed by atoms with Gasteiger partial charge in [0.2, 0.25) is 0 Å². The zero-order chi connectivity index (χ0) is 9.97. The smallest absolute Gasteiger partial charge is 0.306 e. The van der Waals surface area contributed by atoms with Crippen LogP contribution in [0.15, 0.2) is 16.9 Å². The average Bonchev–Trinajstić information content (AvgIpc) is 2.71. The van der Waals surface area contributed by atoms with Gasteiger partial charge in [-0.15, -0.1) is 0 Å². The molecule has 2 rings (SSSR count). The summed E-state index contributed by atoms with van der Waals surface area (Å²) in [5.74, 6) is -0.988. The van der Waals surface area contributed by atoms with Crippen LogP contribution in [-0.4, -0.2) is 22.8 Å². The number of nitrogens with one attached hydrogen (secondary N) is 1. The van der Waals surface area contributed by atoms with Crippen molar-refractivity contribution in [1.82, 2.24) is 10.5 Å². The van der Waals surface area contributed by atoms with E-state index in [0.29, 0.717) is 19.4 Å². The van der Waals surface area contributed by atoms with E-state index < -0.39 is 5.97 Å². The van der Waals surface area contributed by atoms with Crippen molar-refractivity contribution in [3.8, 4) is 0 Å². The zero-order valence-corrected chi connectivity index (χ0v) is 7.64. The third-order valence-electron chi connectivity index (χ3n) is 2.57. The van der Waals surface area contributed by atoms with Gasteiger partial charge in [-0.05, 0) is 19.4 Å². The molecule has 0 radical (unpaired) electrons. The number of rotatable bonds is 2. The number of hydrogen-bond acceptors (Lipinski definition) is 4. The Labute approximate surface area is 81.1 Å². The fourth-order valence-corrected chi connectivity index (χ4v) is 1.77. The molecule has 0 aliphatic carbocycles. The van der Waals surface area contributed by atoms with E-state index >= 15 is 0 Å². The summed E-state index contributed by atoms with van der Waals surface area (Å²) in [4.78, 5) is 10.8. The van der Waals surface area contributed by atoms with Gasteiger partial charge >= 0.3 is 5.97 Å². The summed E-state index contributed by atoms with van der Waals surface area (Å²) in [6.07, 6.45) is 2.77. The van der Waals surface area contributed by atoms with Crippen LogP contribution in [0, 0.1) is 5.92 Å². The van der Waals surface area contributed by atoms with Crippen molar-refractivity contribution < 1.29 is 14.4 Å². The lowest BCUT2D eigenvalue weighted by Crippen LogP contribution is -2.35. The lowest BCUT2D eigenvalue weighted by Gasteiger charge is -2.26. The number of piperidine rings is 1. The molecule has 1 aromatic heterocycles. The fraction of sp³-hybridized carbons (Fsp3) is 0.556. The SMILES string of the molecule is O=C(O)C1CCNC(c2ccon2)C1. The minimum Gasteiger partial charge on any atom is -0.481 e. The summed E-state index contributed by atoms with van der Waals surface area (Å²) < 4.78 is 4.73. The molecule has 0 amide bonds. The molecular formula is C9H12N2O3. The Morgan fingerprint density at radius 2 is 2.57 bits per heavy atom. The molecule has 2 N–H and O–H groups in total. The normalized spacial score (nSPS) is 27.4. The number of carboxylic acid groups (broad SMARTS) is 1. The molecule has 5 heteroatoms. The van der Waals surface area contributed by atoms with Crippen LogP contribution in [0.3, 0.4) is 0 Å². The standard InChI is InChI=1S/C9H12N2O3/c12-9(13)6-1-3-10-8(5-6)7-2-4-14-11-7/h2,4,6,8,10H,1,3,5H2,(H,12,13). The Morgan fingerprint density at radius 1 is 1.71 bits per heavy atom. The van der Waals surface area contributed by atoms with Crippen molar-refractivity contribution >= 4 is 5.97 Å². The molecule has 0 aromatic carbocycles. The van der Waals surface area contributed by atoms with E-state index in [0.717, 1.165) is 5.69 Å². The van der Waals surface area contributed by atoms with E-state index in [1.807, 2.05) is 0 Å². The van der Waals surface area contributed by atoms with Gasteiger partial charge in [0.25, 0.3) is 0 Å². The molecule has 2 unspecified atom stereocenters. The molecule has 2 atom stereocenters. The van der Waals surface area contributed by atoms with Gasteiger partial charge in [-0.1, -0.05) is 5.16 Å². The maximum absolute atomic E-state index is 10.8. The van der Waals surface area contributed by atoms with Crippen molar-refractivity contribution in [1.29, 1.82) is 0 Å². The molecule has 1 saturated heterocycles. The third kappa shape index (κ3) is 1.77. The van der Waals surface area contributed by atoms with Crippen molar-refractivity contribution in [2.45, 2.75) is 18.9 Å². The van der Waals surface area contributed by atoms with Crippen molar-refractivity contribution in [3.05, 3.63) is 18.0 Å². The van der Waals surface area contributed by atoms with Gasteiger partial charge in [0.05, 0.1) is 12.0 Å². The molecule has 0 spiro atoms. The van der Waals surface area contributed by atoms with Crippen LogP contribution in [-0.2, 0) is 4.79 Å². The van der Waals surface area contributed by atoms with Gasteiger partial charge < -0.3 is 14.9 Å². The molecular weight excluding hydrogens is 184 g/mol. The Hall–Kier alpha value is -1.36. The number of carboxylic acids is 1. The van der Waals surface area contributed by atoms with Crippen molar-refractivity contribution in [3.63, 3.8) is 0 Å². The van der Waals surface area contributed by atoms with Gasteiger partial charge in [-0.25, -0.2) is 0 Å². The molecule has 1 fully saturated rings. The Bertz CT molecular complexity index is 310. The molecule has 0 saturated carbocycles. The van der Waals surface area contributed by atoms with Crippen LogP contribution in [0.4, 0.5) is 0 Å². The predicted molar refractivity (Wildman–Crippen MR) is 47.6 cm³/mol. The summed E-state index contributed by atoms with van der Waals surface area (Å²) in [6, 6.07) is 1.78. The number of hydrogen-bond donors (Lipinski definition) is 2. The minimum atomic E-state index is -0.722. The van der Waals surface area contributed by atoms with Crippen LogP contribution in [0.1, 0.15) is 24.6 Å². The quantitative estimate of drug-likeness (QED) is 0.731. The topological polar surface area (TPSA) is 75.4 Å². The lowest BCUT2D eigenvalue weighted by molar-refractivity contribution is -0.143. The Balaban J connectivity index is 2.04. The van der Waals surface area contributed by atoms with E-state index in [4.69, 9.17) is 9.63 Å². The summed E-state index contributed by atoms with van der Waals surface area (Å²) in [6.45, 7) is 0.717. The predicted octanol–water partition coefficient (Wildman–Crippen LogP) is 0.800. The first-order valence-electron chi connectivity index (χ1n) is 4.64. The van der Waals surface area contributed by atoms with E-state index in [-0.39, 0.29) is 12.0 Å². The van der Waals surface area contributed by atoms with Crippen molar-refractivity contribution in [2.75, 3.05) is 6.54 Å². The lowest BCUT2D eigenvalue weighted by atomic mass is 9.91. The Morgan fingerprint density at radius 3 is 3.21 bits per heavy atom. The van der Waals surface area contributed by atoms with Gasteiger partial charge in [0.1, 0.15) is 12.0 Å². The molecule has 76 valence electrons. The Kier molecular flexibility index (Phi) is 2.49. The van der Waals surface area contributed by atoms with Gasteiger partial charge in [-0.3, -0.25) is 4.79 Å². The van der Waals surface area contributed by atoms with Crippen LogP contribution in [0.5, 0.6) is 0 Å². The van der Waals surface area contributed by atoms with E-state index in [9.17, 15) is 4.79 Å². The monoisotopic (exact) mass is 196 g/mol. The second-order valence-electron chi connectivity index (χ2n) is 3.49. The highest BCUT2D eigenvalue weighted by Crippen LogP contribution is 2.26. The van der Waals surface area contributed by atoms with Crippen molar-refractivity contribution in [2.24, 2.45) is 5.92 Å². The first-order chi connectivity index (χ1) is 6.77. The molecule has 5 nitrogen and oxygen atoms in total. The van der Waals surface area contributed by atoms with E-state index in [1.54, 1.807) is 6.07 Å². The largest absolute Gasteiger partial charge is 0.481 e. The molecule has 1 aromatic rings. The second-order valence-corrected chi connectivity index (χ2v) is 3.49. The molecule has 1 aliphatic rings. The first-order valence-corrected chi connectivity index (χ1v) is 4.64. The molecule has 0 bridgehead atoms. The molecule has 2 heterocycles. The number of nitrogens with zero attached hydrogens (tertiary/aromatic N) is 1. The van der Waals surface area contributed by atoms with Gasteiger partial charge in [-0.2, -0.15) is 0 Å². The fourth-order valence-electron chi connectivity index (χ4n) is 1.77. The highest BCUT2D eigenvalue weighted by Gasteiger charge is 2.28. The summed E-state index contributed by atoms with van der Waals surface area (Å²) >= 11 is 0. The summed E-state index contributed by atoms with van der Waals surface area (Å²) in [5, 5.41) is 15.9. The number of aromatic nitrogens is 1. The van der Waals surface area contributed by atoms with Gasteiger partial charge in [0.15, 0.2) is 0 Å². The average molecular weight is 196 g/mol. The summed E-state index contributed by atoms with van der Waals surface area (Å²) in [5.41, 5.74) is 0.788. The van der Waals surface area contributed by atoms with Crippen LogP contribution >= 0.6 is 0 Å². The second kappa shape index (κ2) is 3.79. The van der Waals surface area contributed by atoms with Crippen LogP contribution in [0.2, 0.25) is 0 Å². The van der Waals surface area contributed by atoms with Crippen LogP contribution in [0.25, 0.3) is 0 Å². The zero-order valence-electron chi connectivity index (χ0n) is 7.64. The maximum atomic E-state index is 10.8. The molecule has 1 aliphatic heterocycles. The maximum Gasteiger partial charge on any atom is 0.306 e. The van der Waals surface area contributed by atoms with Gasteiger partial charge in [0, 0.05) is 6.07 Å². The number of aliphatic carboxylic acids is 1. The van der Waals surface area contributed by atoms with E-state index in [2.05, 4.69) is 10.5 Å². The highest BCUT2D eigenvalue weighted by molar-refractivity contribution is 5.70. The van der Waals surface area contributed by atoms with Crippen LogP contribution < -0.4 is 5.32 Å². The minimum absolute atomic E-state index is 0.0172.